The molecule has 4 aromatic rings. The first-order chi connectivity index (χ1) is 22.3. The Morgan fingerprint density at radius 1 is 0.957 bits per heavy atom. The summed E-state index contributed by atoms with van der Waals surface area (Å²) in [5, 5.41) is 5.20. The van der Waals surface area contributed by atoms with Crippen LogP contribution < -0.4 is 24.8 Å². The molecule has 1 saturated heterocycles. The highest BCUT2D eigenvalue weighted by Crippen LogP contribution is 2.47. The third kappa shape index (κ3) is 6.97. The number of benzene rings is 1. The second-order valence-corrected chi connectivity index (χ2v) is 10.9. The predicted octanol–water partition coefficient (Wildman–Crippen LogP) is 4.56. The van der Waals surface area contributed by atoms with Crippen LogP contribution in [-0.4, -0.2) is 78.2 Å². The first-order valence-electron chi connectivity index (χ1n) is 14.8. The summed E-state index contributed by atoms with van der Waals surface area (Å²) in [7, 11) is 1.51. The highest BCUT2D eigenvalue weighted by molar-refractivity contribution is 6.16. The fourth-order valence-electron chi connectivity index (χ4n) is 5.02. The summed E-state index contributed by atoms with van der Waals surface area (Å²) in [6.45, 7) is 4.49. The number of carbonyl (C=O) groups is 2. The SMILES string of the molecule is COc1cc2nccc(Oc3ncc(NC(=O)C4(C(=O)Nc5ccc(F)cc5)CC4)cc3F)c2nc1OCCCN1CCOCC1. The number of fused-ring (bicyclic) bond motifs is 1. The van der Waals surface area contributed by atoms with Crippen molar-refractivity contribution in [2.24, 2.45) is 5.41 Å². The zero-order chi connectivity index (χ0) is 32.1. The van der Waals surface area contributed by atoms with E-state index in [1.54, 1.807) is 6.07 Å². The number of hydrogen-bond donors (Lipinski definition) is 2. The summed E-state index contributed by atoms with van der Waals surface area (Å²) >= 11 is 0. The minimum Gasteiger partial charge on any atom is -0.491 e. The summed E-state index contributed by atoms with van der Waals surface area (Å²) in [6.07, 6.45) is 4.12. The largest absolute Gasteiger partial charge is 0.491 e. The minimum absolute atomic E-state index is 0.0471. The minimum atomic E-state index is -1.31. The van der Waals surface area contributed by atoms with Gasteiger partial charge in [-0.1, -0.05) is 0 Å². The van der Waals surface area contributed by atoms with Gasteiger partial charge in [0, 0.05) is 49.7 Å². The van der Waals surface area contributed by atoms with Crippen LogP contribution in [0.2, 0.25) is 0 Å². The molecule has 2 amide bonds. The van der Waals surface area contributed by atoms with Crippen LogP contribution in [0.5, 0.6) is 23.3 Å². The van der Waals surface area contributed by atoms with Crippen molar-refractivity contribution in [1.82, 2.24) is 19.9 Å². The van der Waals surface area contributed by atoms with Gasteiger partial charge in [0.15, 0.2) is 17.3 Å². The number of carbonyl (C=O) groups excluding carboxylic acids is 2. The van der Waals surface area contributed by atoms with E-state index >= 15 is 4.39 Å². The normalized spacial score (nSPS) is 15.6. The lowest BCUT2D eigenvalue weighted by Crippen LogP contribution is -2.37. The molecule has 14 heteroatoms. The number of hydrogen-bond acceptors (Lipinski definition) is 10. The van der Waals surface area contributed by atoms with Gasteiger partial charge >= 0.3 is 0 Å². The van der Waals surface area contributed by atoms with Gasteiger partial charge in [0.2, 0.25) is 11.8 Å². The van der Waals surface area contributed by atoms with Crippen molar-refractivity contribution in [3.05, 3.63) is 66.5 Å². The second kappa shape index (κ2) is 13.6. The number of anilines is 2. The number of morpholine rings is 1. The lowest BCUT2D eigenvalue weighted by molar-refractivity contribution is -0.131. The number of methoxy groups -OCH3 is 1. The van der Waals surface area contributed by atoms with Crippen molar-refractivity contribution in [3.63, 3.8) is 0 Å². The first-order valence-corrected chi connectivity index (χ1v) is 14.8. The molecular weight excluding hydrogens is 602 g/mol. The highest BCUT2D eigenvalue weighted by Gasteiger charge is 2.56. The summed E-state index contributed by atoms with van der Waals surface area (Å²) in [6, 6.07) is 9.45. The molecule has 2 fully saturated rings. The number of nitrogens with zero attached hydrogens (tertiary/aromatic N) is 4. The number of nitrogens with one attached hydrogen (secondary N) is 2. The quantitative estimate of drug-likeness (QED) is 0.169. The molecule has 240 valence electrons. The summed E-state index contributed by atoms with van der Waals surface area (Å²) in [4.78, 5) is 41.1. The van der Waals surface area contributed by atoms with E-state index in [1.807, 2.05) is 0 Å². The lowest BCUT2D eigenvalue weighted by Gasteiger charge is -2.26. The molecule has 1 saturated carbocycles. The first kappa shape index (κ1) is 31.0. The molecule has 2 N–H and O–H groups in total. The third-order valence-corrected chi connectivity index (χ3v) is 7.78. The van der Waals surface area contributed by atoms with Crippen LogP contribution in [0.1, 0.15) is 19.3 Å². The second-order valence-electron chi connectivity index (χ2n) is 10.9. The van der Waals surface area contributed by atoms with Crippen LogP contribution in [0.4, 0.5) is 20.2 Å². The highest BCUT2D eigenvalue weighted by atomic mass is 19.1. The van der Waals surface area contributed by atoms with Gasteiger partial charge in [0.1, 0.15) is 16.7 Å². The van der Waals surface area contributed by atoms with E-state index in [0.717, 1.165) is 45.3 Å². The van der Waals surface area contributed by atoms with Gasteiger partial charge in [0.05, 0.1) is 44.3 Å². The van der Waals surface area contributed by atoms with Crippen LogP contribution in [0.25, 0.3) is 11.0 Å². The van der Waals surface area contributed by atoms with Crippen molar-refractivity contribution < 1.29 is 37.3 Å². The van der Waals surface area contributed by atoms with Crippen molar-refractivity contribution in [3.8, 4) is 23.3 Å². The van der Waals surface area contributed by atoms with Gasteiger partial charge in [-0.25, -0.2) is 18.7 Å². The van der Waals surface area contributed by atoms with E-state index in [0.29, 0.717) is 41.9 Å². The molecule has 12 nitrogen and oxygen atoms in total. The van der Waals surface area contributed by atoms with E-state index in [1.165, 1.54) is 49.8 Å². The number of aromatic nitrogens is 3. The number of rotatable bonds is 12. The Kier molecular flexibility index (Phi) is 9.17. The molecule has 3 aromatic heterocycles. The maximum absolute atomic E-state index is 15.2. The van der Waals surface area contributed by atoms with Gasteiger partial charge < -0.3 is 29.6 Å². The van der Waals surface area contributed by atoms with E-state index in [4.69, 9.17) is 18.9 Å². The summed E-state index contributed by atoms with van der Waals surface area (Å²) in [5.41, 5.74) is -0.157. The molecule has 46 heavy (non-hydrogen) atoms. The molecule has 1 aliphatic carbocycles. The molecule has 0 unspecified atom stereocenters. The molecule has 1 aromatic carbocycles. The number of amides is 2. The standard InChI is InChI=1S/C32H32F2N6O6/c1-43-26-18-24-27(39-29(26)45-14-2-11-40-12-15-44-16-13-40)25(7-10-35-24)46-28-23(34)17-22(19-36-28)38-31(42)32(8-9-32)30(41)37-21-5-3-20(33)4-6-21/h3-7,10,17-19H,2,8-9,11-16H2,1H3,(H,37,41)(H,38,42). The van der Waals surface area contributed by atoms with Crippen molar-refractivity contribution in [1.29, 1.82) is 0 Å². The zero-order valence-electron chi connectivity index (χ0n) is 25.1. The van der Waals surface area contributed by atoms with Gasteiger partial charge in [-0.2, -0.15) is 0 Å². The summed E-state index contributed by atoms with van der Waals surface area (Å²) < 4.78 is 51.0. The monoisotopic (exact) mass is 634 g/mol. The average Bonchev–Trinajstić information content (AvgIpc) is 3.88. The van der Waals surface area contributed by atoms with Gasteiger partial charge in [-0.15, -0.1) is 0 Å². The molecule has 0 spiro atoms. The van der Waals surface area contributed by atoms with Crippen molar-refractivity contribution in [2.75, 3.05) is 57.2 Å². The Labute approximate surface area is 263 Å². The fourth-order valence-corrected chi connectivity index (χ4v) is 5.02. The topological polar surface area (TPSA) is 137 Å². The van der Waals surface area contributed by atoms with Crippen LogP contribution in [0.3, 0.4) is 0 Å². The maximum atomic E-state index is 15.2. The Morgan fingerprint density at radius 3 is 2.39 bits per heavy atom. The van der Waals surface area contributed by atoms with Crippen LogP contribution in [-0.2, 0) is 14.3 Å². The predicted molar refractivity (Wildman–Crippen MR) is 163 cm³/mol. The van der Waals surface area contributed by atoms with Crippen molar-refractivity contribution >= 4 is 34.2 Å². The van der Waals surface area contributed by atoms with Crippen LogP contribution >= 0.6 is 0 Å². The molecule has 1 aliphatic heterocycles. The number of ether oxygens (including phenoxy) is 4. The molecule has 2 aliphatic rings. The van der Waals surface area contributed by atoms with Gasteiger partial charge in [-0.05, 0) is 43.5 Å². The Bertz CT molecular complexity index is 1730. The smallest absolute Gasteiger partial charge is 0.257 e. The maximum Gasteiger partial charge on any atom is 0.257 e. The zero-order valence-corrected chi connectivity index (χ0v) is 25.1. The van der Waals surface area contributed by atoms with Gasteiger partial charge in [-0.3, -0.25) is 19.5 Å². The third-order valence-electron chi connectivity index (χ3n) is 7.78. The van der Waals surface area contributed by atoms with E-state index in [-0.39, 0.29) is 23.2 Å². The van der Waals surface area contributed by atoms with Crippen LogP contribution in [0, 0.1) is 17.0 Å². The molecule has 4 heterocycles. The molecule has 0 atom stereocenters. The molecule has 0 radical (unpaired) electrons. The molecule has 6 rings (SSSR count). The van der Waals surface area contributed by atoms with Gasteiger partial charge in [0.25, 0.3) is 11.8 Å². The van der Waals surface area contributed by atoms with E-state index in [9.17, 15) is 14.0 Å². The fraction of sp³-hybridized carbons (Fsp3) is 0.344. The molecular formula is C32H32F2N6O6. The Balaban J connectivity index is 1.12. The Morgan fingerprint density at radius 2 is 1.70 bits per heavy atom. The van der Waals surface area contributed by atoms with Crippen LogP contribution in [0.15, 0.2) is 54.9 Å². The lowest BCUT2D eigenvalue weighted by atomic mass is 10.0. The number of pyridine rings is 3. The van der Waals surface area contributed by atoms with E-state index in [2.05, 4.69) is 30.5 Å². The summed E-state index contributed by atoms with van der Waals surface area (Å²) in [5.74, 6) is -1.95. The number of halogens is 2. The Hall–Kier alpha value is -4.95. The average molecular weight is 635 g/mol. The van der Waals surface area contributed by atoms with E-state index < -0.39 is 28.9 Å². The van der Waals surface area contributed by atoms with Crippen molar-refractivity contribution in [2.45, 2.75) is 19.3 Å². The molecule has 0 bridgehead atoms.